The van der Waals surface area contributed by atoms with E-state index >= 15 is 0 Å². The van der Waals surface area contributed by atoms with E-state index in [1.165, 1.54) is 5.56 Å². The second-order valence-corrected chi connectivity index (χ2v) is 6.42. The SMILES string of the molecule is CC(C)Cc1ccc(C(=O)OCC(=O)NC2CCCC2)cc1. The second-order valence-electron chi connectivity index (χ2n) is 6.42. The normalized spacial score (nSPS) is 15.0. The van der Waals surface area contributed by atoms with Crippen LogP contribution in [0.2, 0.25) is 0 Å². The number of esters is 1. The number of amides is 1. The molecule has 0 radical (unpaired) electrons. The third-order valence-electron chi connectivity index (χ3n) is 3.89. The molecule has 1 aromatic carbocycles. The zero-order valence-corrected chi connectivity index (χ0v) is 13.4. The maximum Gasteiger partial charge on any atom is 0.338 e. The molecule has 0 atom stereocenters. The lowest BCUT2D eigenvalue weighted by Crippen LogP contribution is -2.35. The summed E-state index contributed by atoms with van der Waals surface area (Å²) in [5.41, 5.74) is 1.69. The molecule has 0 aromatic heterocycles. The first-order valence-corrected chi connectivity index (χ1v) is 8.10. The van der Waals surface area contributed by atoms with Crippen LogP contribution in [-0.4, -0.2) is 24.5 Å². The van der Waals surface area contributed by atoms with Gasteiger partial charge in [0.25, 0.3) is 5.91 Å². The highest BCUT2D eigenvalue weighted by molar-refractivity contribution is 5.91. The largest absolute Gasteiger partial charge is 0.452 e. The van der Waals surface area contributed by atoms with E-state index in [9.17, 15) is 9.59 Å². The Balaban J connectivity index is 1.77. The molecule has 1 fully saturated rings. The highest BCUT2D eigenvalue weighted by Crippen LogP contribution is 2.17. The number of rotatable bonds is 6. The van der Waals surface area contributed by atoms with E-state index in [1.807, 2.05) is 12.1 Å². The van der Waals surface area contributed by atoms with Crippen molar-refractivity contribution in [3.05, 3.63) is 35.4 Å². The summed E-state index contributed by atoms with van der Waals surface area (Å²) in [5.74, 6) is -0.0774. The Labute approximate surface area is 132 Å². The quantitative estimate of drug-likeness (QED) is 0.822. The molecule has 0 saturated heterocycles. The minimum Gasteiger partial charge on any atom is -0.452 e. The van der Waals surface area contributed by atoms with Gasteiger partial charge in [-0.1, -0.05) is 38.8 Å². The number of nitrogens with one attached hydrogen (secondary N) is 1. The Hall–Kier alpha value is -1.84. The lowest BCUT2D eigenvalue weighted by molar-refractivity contribution is -0.124. The molecule has 1 N–H and O–H groups in total. The lowest BCUT2D eigenvalue weighted by Gasteiger charge is -2.12. The van der Waals surface area contributed by atoms with Crippen LogP contribution in [0.15, 0.2) is 24.3 Å². The van der Waals surface area contributed by atoms with E-state index in [0.717, 1.165) is 32.1 Å². The molecule has 1 saturated carbocycles. The molecule has 0 bridgehead atoms. The van der Waals surface area contributed by atoms with E-state index in [0.29, 0.717) is 11.5 Å². The standard InChI is InChI=1S/C18H25NO3/c1-13(2)11-14-7-9-15(10-8-14)18(21)22-12-17(20)19-16-5-3-4-6-16/h7-10,13,16H,3-6,11-12H2,1-2H3,(H,19,20). The summed E-state index contributed by atoms with van der Waals surface area (Å²) in [5, 5.41) is 2.90. The van der Waals surface area contributed by atoms with Crippen LogP contribution in [0.4, 0.5) is 0 Å². The minimum atomic E-state index is -0.447. The van der Waals surface area contributed by atoms with Gasteiger partial charge in [-0.3, -0.25) is 4.79 Å². The summed E-state index contributed by atoms with van der Waals surface area (Å²) < 4.78 is 5.07. The Kier molecular flexibility index (Phi) is 5.99. The van der Waals surface area contributed by atoms with Crippen molar-refractivity contribution in [3.8, 4) is 0 Å². The van der Waals surface area contributed by atoms with Gasteiger partial charge in [0.2, 0.25) is 0 Å². The molecule has 1 amide bonds. The van der Waals surface area contributed by atoms with Gasteiger partial charge in [0.05, 0.1) is 5.56 Å². The summed E-state index contributed by atoms with van der Waals surface area (Å²) in [6.45, 7) is 4.11. The molecule has 0 aliphatic heterocycles. The average molecular weight is 303 g/mol. The molecule has 0 unspecified atom stereocenters. The van der Waals surface area contributed by atoms with Crippen LogP contribution >= 0.6 is 0 Å². The van der Waals surface area contributed by atoms with Gasteiger partial charge in [-0.2, -0.15) is 0 Å². The fraction of sp³-hybridized carbons (Fsp3) is 0.556. The van der Waals surface area contributed by atoms with Crippen LogP contribution in [0, 0.1) is 5.92 Å². The summed E-state index contributed by atoms with van der Waals surface area (Å²) in [4.78, 5) is 23.6. The molecule has 1 aliphatic carbocycles. The number of carbonyl (C=O) groups is 2. The molecule has 120 valence electrons. The van der Waals surface area contributed by atoms with Gasteiger partial charge in [-0.15, -0.1) is 0 Å². The average Bonchev–Trinajstić information content (AvgIpc) is 2.98. The van der Waals surface area contributed by atoms with Crippen molar-refractivity contribution in [1.82, 2.24) is 5.32 Å². The number of benzene rings is 1. The smallest absolute Gasteiger partial charge is 0.338 e. The van der Waals surface area contributed by atoms with Crippen molar-refractivity contribution < 1.29 is 14.3 Å². The first kappa shape index (κ1) is 16.5. The molecule has 0 heterocycles. The van der Waals surface area contributed by atoms with E-state index in [1.54, 1.807) is 12.1 Å². The van der Waals surface area contributed by atoms with Crippen molar-refractivity contribution in [2.45, 2.75) is 52.0 Å². The van der Waals surface area contributed by atoms with Crippen molar-refractivity contribution in [2.75, 3.05) is 6.61 Å². The van der Waals surface area contributed by atoms with Crippen LogP contribution in [-0.2, 0) is 16.0 Å². The maximum absolute atomic E-state index is 11.9. The lowest BCUT2D eigenvalue weighted by atomic mass is 10.0. The molecule has 1 aliphatic rings. The summed E-state index contributed by atoms with van der Waals surface area (Å²) >= 11 is 0. The van der Waals surface area contributed by atoms with E-state index in [-0.39, 0.29) is 18.6 Å². The maximum atomic E-state index is 11.9. The monoisotopic (exact) mass is 303 g/mol. The number of hydrogen-bond donors (Lipinski definition) is 1. The Morgan fingerprint density at radius 1 is 1.18 bits per heavy atom. The Morgan fingerprint density at radius 2 is 1.82 bits per heavy atom. The molecular weight excluding hydrogens is 278 g/mol. The predicted octanol–water partition coefficient (Wildman–Crippen LogP) is 3.10. The molecule has 4 heteroatoms. The van der Waals surface area contributed by atoms with Crippen LogP contribution in [0.1, 0.15) is 55.5 Å². The van der Waals surface area contributed by atoms with Gasteiger partial charge >= 0.3 is 5.97 Å². The Bertz CT molecular complexity index is 502. The fourth-order valence-electron chi connectivity index (χ4n) is 2.80. The van der Waals surface area contributed by atoms with Crippen LogP contribution in [0.5, 0.6) is 0 Å². The number of ether oxygens (including phenoxy) is 1. The first-order chi connectivity index (χ1) is 10.5. The molecule has 1 aromatic rings. The minimum absolute atomic E-state index is 0.205. The van der Waals surface area contributed by atoms with E-state index in [2.05, 4.69) is 19.2 Å². The van der Waals surface area contributed by atoms with E-state index in [4.69, 9.17) is 4.74 Å². The van der Waals surface area contributed by atoms with Gasteiger partial charge in [0.1, 0.15) is 0 Å². The van der Waals surface area contributed by atoms with Crippen LogP contribution in [0.3, 0.4) is 0 Å². The van der Waals surface area contributed by atoms with Gasteiger partial charge in [-0.05, 0) is 42.9 Å². The molecular formula is C18H25NO3. The van der Waals surface area contributed by atoms with Crippen LogP contribution in [0.25, 0.3) is 0 Å². The second kappa shape index (κ2) is 7.97. The van der Waals surface area contributed by atoms with Crippen molar-refractivity contribution >= 4 is 11.9 Å². The number of carbonyl (C=O) groups excluding carboxylic acids is 2. The van der Waals surface area contributed by atoms with Gasteiger partial charge < -0.3 is 10.1 Å². The van der Waals surface area contributed by atoms with Gasteiger partial charge in [-0.25, -0.2) is 4.79 Å². The third-order valence-corrected chi connectivity index (χ3v) is 3.89. The molecule has 22 heavy (non-hydrogen) atoms. The summed E-state index contributed by atoms with van der Waals surface area (Å²) in [7, 11) is 0. The van der Waals surface area contributed by atoms with E-state index < -0.39 is 5.97 Å². The Morgan fingerprint density at radius 3 is 2.41 bits per heavy atom. The molecule has 0 spiro atoms. The summed E-state index contributed by atoms with van der Waals surface area (Å²) in [6, 6.07) is 7.65. The fourth-order valence-corrected chi connectivity index (χ4v) is 2.80. The predicted molar refractivity (Wildman–Crippen MR) is 85.7 cm³/mol. The van der Waals surface area contributed by atoms with Crippen molar-refractivity contribution in [2.24, 2.45) is 5.92 Å². The van der Waals surface area contributed by atoms with Gasteiger partial charge in [0, 0.05) is 6.04 Å². The topological polar surface area (TPSA) is 55.4 Å². The summed E-state index contributed by atoms with van der Waals surface area (Å²) in [6.07, 6.45) is 5.36. The highest BCUT2D eigenvalue weighted by atomic mass is 16.5. The molecule has 2 rings (SSSR count). The van der Waals surface area contributed by atoms with Crippen LogP contribution < -0.4 is 5.32 Å². The van der Waals surface area contributed by atoms with Crippen molar-refractivity contribution in [3.63, 3.8) is 0 Å². The third kappa shape index (κ3) is 5.17. The zero-order valence-electron chi connectivity index (χ0n) is 13.4. The first-order valence-electron chi connectivity index (χ1n) is 8.10. The molecule has 4 nitrogen and oxygen atoms in total. The van der Waals surface area contributed by atoms with Gasteiger partial charge in [0.15, 0.2) is 6.61 Å². The van der Waals surface area contributed by atoms with Crippen molar-refractivity contribution in [1.29, 1.82) is 0 Å². The zero-order chi connectivity index (χ0) is 15.9. The highest BCUT2D eigenvalue weighted by Gasteiger charge is 2.18. The number of hydrogen-bond acceptors (Lipinski definition) is 3.